The van der Waals surface area contributed by atoms with Crippen molar-refractivity contribution in [2.75, 3.05) is 7.11 Å². The van der Waals surface area contributed by atoms with Gasteiger partial charge in [0.05, 0.1) is 7.11 Å². The van der Waals surface area contributed by atoms with E-state index in [9.17, 15) is 4.79 Å². The smallest absolute Gasteiger partial charge is 0.341 e. The average Bonchev–Trinajstić information content (AvgIpc) is 2.93. The molecule has 0 amide bonds. The highest BCUT2D eigenvalue weighted by Gasteiger charge is 2.76. The van der Waals surface area contributed by atoms with Gasteiger partial charge in [0.2, 0.25) is 0 Å². The summed E-state index contributed by atoms with van der Waals surface area (Å²) < 4.78 is 10.9. The second-order valence-electron chi connectivity index (χ2n) is 5.45. The Morgan fingerprint density at radius 3 is 2.69 bits per heavy atom. The van der Waals surface area contributed by atoms with Crippen LogP contribution in [0.5, 0.6) is 0 Å². The van der Waals surface area contributed by atoms with E-state index in [1.54, 1.807) is 0 Å². The van der Waals surface area contributed by atoms with E-state index in [0.717, 1.165) is 19.3 Å². The van der Waals surface area contributed by atoms with Crippen LogP contribution in [0.1, 0.15) is 46.5 Å². The first-order valence-electron chi connectivity index (χ1n) is 6.31. The molecular weight excluding hydrogens is 204 g/mol. The van der Waals surface area contributed by atoms with Crippen LogP contribution in [0.15, 0.2) is 0 Å². The molecule has 1 spiro atoms. The lowest BCUT2D eigenvalue weighted by Crippen LogP contribution is -2.42. The zero-order valence-electron chi connectivity index (χ0n) is 10.7. The number of esters is 1. The first-order chi connectivity index (χ1) is 7.52. The molecule has 1 aliphatic heterocycles. The topological polar surface area (TPSA) is 38.8 Å². The van der Waals surface area contributed by atoms with Crippen LogP contribution >= 0.6 is 0 Å². The molecule has 0 radical (unpaired) electrons. The molecule has 0 aromatic carbocycles. The molecule has 92 valence electrons. The van der Waals surface area contributed by atoms with Crippen LogP contribution in [0.3, 0.4) is 0 Å². The molecule has 1 saturated heterocycles. The summed E-state index contributed by atoms with van der Waals surface area (Å²) in [6.07, 6.45) is 4.11. The minimum atomic E-state index is -0.643. The SMILES string of the molecule is CCC1(C(=O)OC)OC12CC(C)CCC2C. The van der Waals surface area contributed by atoms with Crippen molar-refractivity contribution in [2.45, 2.75) is 57.7 Å². The Morgan fingerprint density at radius 1 is 1.44 bits per heavy atom. The second-order valence-corrected chi connectivity index (χ2v) is 5.45. The lowest BCUT2D eigenvalue weighted by atomic mass is 9.69. The second kappa shape index (κ2) is 3.73. The number of carbonyl (C=O) groups excluding carboxylic acids is 1. The lowest BCUT2D eigenvalue weighted by molar-refractivity contribution is -0.147. The van der Waals surface area contributed by atoms with Crippen molar-refractivity contribution in [3.05, 3.63) is 0 Å². The molecule has 16 heavy (non-hydrogen) atoms. The molecule has 1 aliphatic carbocycles. The van der Waals surface area contributed by atoms with Crippen LogP contribution in [0.25, 0.3) is 0 Å². The number of hydrogen-bond acceptors (Lipinski definition) is 3. The Bertz CT molecular complexity index is 302. The van der Waals surface area contributed by atoms with Crippen LogP contribution < -0.4 is 0 Å². The summed E-state index contributed by atoms with van der Waals surface area (Å²) in [4.78, 5) is 11.9. The van der Waals surface area contributed by atoms with E-state index in [-0.39, 0.29) is 11.6 Å². The van der Waals surface area contributed by atoms with Gasteiger partial charge in [-0.2, -0.15) is 0 Å². The minimum absolute atomic E-state index is 0.184. The highest BCUT2D eigenvalue weighted by Crippen LogP contribution is 2.62. The standard InChI is InChI=1S/C13H22O3/c1-5-12(11(14)15-4)13(16-12)8-9(2)6-7-10(13)3/h9-10H,5-8H2,1-4H3. The fourth-order valence-corrected chi connectivity index (χ4v) is 3.47. The molecular formula is C13H22O3. The van der Waals surface area contributed by atoms with Gasteiger partial charge in [-0.05, 0) is 31.1 Å². The van der Waals surface area contributed by atoms with E-state index in [4.69, 9.17) is 9.47 Å². The molecule has 3 heteroatoms. The van der Waals surface area contributed by atoms with E-state index in [1.807, 2.05) is 6.92 Å². The molecule has 1 saturated carbocycles. The predicted molar refractivity (Wildman–Crippen MR) is 61.0 cm³/mol. The van der Waals surface area contributed by atoms with Gasteiger partial charge in [-0.1, -0.05) is 27.2 Å². The van der Waals surface area contributed by atoms with Crippen LogP contribution in [-0.4, -0.2) is 24.3 Å². The van der Waals surface area contributed by atoms with Crippen molar-refractivity contribution in [1.82, 2.24) is 0 Å². The molecule has 0 aromatic heterocycles. The molecule has 4 atom stereocenters. The Hall–Kier alpha value is -0.570. The number of carbonyl (C=O) groups is 1. The number of rotatable bonds is 2. The van der Waals surface area contributed by atoms with E-state index in [0.29, 0.717) is 11.8 Å². The maximum absolute atomic E-state index is 11.9. The number of epoxide rings is 1. The zero-order chi connectivity index (χ0) is 12.0. The molecule has 0 aromatic rings. The van der Waals surface area contributed by atoms with Crippen LogP contribution in [0, 0.1) is 11.8 Å². The summed E-state index contributed by atoms with van der Waals surface area (Å²) in [6, 6.07) is 0. The van der Waals surface area contributed by atoms with E-state index < -0.39 is 5.60 Å². The third-order valence-corrected chi connectivity index (χ3v) is 4.55. The van der Waals surface area contributed by atoms with Gasteiger partial charge in [0.15, 0.2) is 5.60 Å². The third-order valence-electron chi connectivity index (χ3n) is 4.55. The summed E-state index contributed by atoms with van der Waals surface area (Å²) in [7, 11) is 1.45. The molecule has 0 N–H and O–H groups in total. The van der Waals surface area contributed by atoms with Crippen molar-refractivity contribution in [3.8, 4) is 0 Å². The minimum Gasteiger partial charge on any atom is -0.467 e. The Morgan fingerprint density at radius 2 is 2.12 bits per heavy atom. The first-order valence-corrected chi connectivity index (χ1v) is 6.31. The number of ether oxygens (including phenoxy) is 2. The third kappa shape index (κ3) is 1.33. The summed E-state index contributed by atoms with van der Waals surface area (Å²) in [5, 5.41) is 0. The lowest BCUT2D eigenvalue weighted by Gasteiger charge is -2.32. The van der Waals surface area contributed by atoms with Gasteiger partial charge in [-0.15, -0.1) is 0 Å². The highest BCUT2D eigenvalue weighted by molar-refractivity contribution is 5.85. The predicted octanol–water partition coefficient (Wildman–Crippen LogP) is 2.53. The molecule has 2 rings (SSSR count). The summed E-state index contributed by atoms with van der Waals surface area (Å²) in [5.74, 6) is 0.924. The summed E-state index contributed by atoms with van der Waals surface area (Å²) in [6.45, 7) is 6.46. The first kappa shape index (κ1) is 11.9. The van der Waals surface area contributed by atoms with Gasteiger partial charge in [-0.3, -0.25) is 0 Å². The molecule has 3 nitrogen and oxygen atoms in total. The molecule has 2 aliphatic rings. The van der Waals surface area contributed by atoms with Gasteiger partial charge >= 0.3 is 5.97 Å². The van der Waals surface area contributed by atoms with Crippen molar-refractivity contribution < 1.29 is 14.3 Å². The maximum atomic E-state index is 11.9. The summed E-state index contributed by atoms with van der Waals surface area (Å²) >= 11 is 0. The highest BCUT2D eigenvalue weighted by atomic mass is 16.7. The van der Waals surface area contributed by atoms with Gasteiger partial charge < -0.3 is 9.47 Å². The molecule has 0 bridgehead atoms. The number of methoxy groups -OCH3 is 1. The normalized spacial score (nSPS) is 46.8. The largest absolute Gasteiger partial charge is 0.467 e. The molecule has 4 unspecified atom stereocenters. The van der Waals surface area contributed by atoms with Gasteiger partial charge in [-0.25, -0.2) is 4.79 Å². The van der Waals surface area contributed by atoms with Gasteiger partial charge in [0.1, 0.15) is 5.60 Å². The van der Waals surface area contributed by atoms with Crippen LogP contribution in [0.4, 0.5) is 0 Å². The summed E-state index contributed by atoms with van der Waals surface area (Å²) in [5.41, 5.74) is -0.873. The number of hydrogen-bond donors (Lipinski definition) is 0. The van der Waals surface area contributed by atoms with Gasteiger partial charge in [0, 0.05) is 0 Å². The van der Waals surface area contributed by atoms with Crippen molar-refractivity contribution in [1.29, 1.82) is 0 Å². The van der Waals surface area contributed by atoms with E-state index in [1.165, 1.54) is 13.5 Å². The maximum Gasteiger partial charge on any atom is 0.341 e. The Labute approximate surface area is 97.5 Å². The van der Waals surface area contributed by atoms with Crippen LogP contribution in [-0.2, 0) is 14.3 Å². The monoisotopic (exact) mass is 226 g/mol. The quantitative estimate of drug-likeness (QED) is 0.536. The van der Waals surface area contributed by atoms with Crippen molar-refractivity contribution >= 4 is 5.97 Å². The van der Waals surface area contributed by atoms with Crippen molar-refractivity contribution in [2.24, 2.45) is 11.8 Å². The van der Waals surface area contributed by atoms with E-state index >= 15 is 0 Å². The zero-order valence-corrected chi connectivity index (χ0v) is 10.7. The van der Waals surface area contributed by atoms with E-state index in [2.05, 4.69) is 13.8 Å². The van der Waals surface area contributed by atoms with Crippen molar-refractivity contribution in [3.63, 3.8) is 0 Å². The molecule has 2 fully saturated rings. The van der Waals surface area contributed by atoms with Crippen LogP contribution in [0.2, 0.25) is 0 Å². The van der Waals surface area contributed by atoms with Gasteiger partial charge in [0.25, 0.3) is 0 Å². The fourth-order valence-electron chi connectivity index (χ4n) is 3.47. The fraction of sp³-hybridized carbons (Fsp3) is 0.923. The molecule has 1 heterocycles. The Balaban J connectivity index is 2.24. The average molecular weight is 226 g/mol. The Kier molecular flexibility index (Phi) is 2.77.